The number of carboxylic acids is 1. The van der Waals surface area contributed by atoms with Gasteiger partial charge in [-0.05, 0) is 19.3 Å². The van der Waals surface area contributed by atoms with Crippen LogP contribution in [-0.4, -0.2) is 46.7 Å². The number of aliphatic hydroxyl groups is 1. The lowest BCUT2D eigenvalue weighted by atomic mass is 10.1. The fourth-order valence-corrected chi connectivity index (χ4v) is 2.21. The Morgan fingerprint density at radius 1 is 1.04 bits per heavy atom. The number of amides is 1. The summed E-state index contributed by atoms with van der Waals surface area (Å²) < 4.78 is 0. The topological polar surface area (TPSA) is 77.8 Å². The minimum absolute atomic E-state index is 0.0681. The van der Waals surface area contributed by atoms with Gasteiger partial charge < -0.3 is 15.1 Å². The van der Waals surface area contributed by atoms with Crippen LogP contribution in [0.3, 0.4) is 0 Å². The summed E-state index contributed by atoms with van der Waals surface area (Å²) in [7, 11) is 1.76. The van der Waals surface area contributed by atoms with E-state index in [-0.39, 0.29) is 12.3 Å². The molecule has 5 nitrogen and oxygen atoms in total. The predicted octanol–water partition coefficient (Wildman–Crippen LogP) is 3.53. The first-order chi connectivity index (χ1) is 11.5. The van der Waals surface area contributed by atoms with Gasteiger partial charge in [0.1, 0.15) is 0 Å². The normalized spacial score (nSPS) is 12.8. The molecule has 5 heteroatoms. The lowest BCUT2D eigenvalue weighted by molar-refractivity contribution is -0.137. The Hall–Kier alpha value is -1.62. The van der Waals surface area contributed by atoms with Crippen molar-refractivity contribution >= 4 is 11.9 Å². The summed E-state index contributed by atoms with van der Waals surface area (Å²) in [5, 5.41) is 18.3. The number of allylic oxidation sites excluding steroid dienone is 2. The third kappa shape index (κ3) is 14.0. The van der Waals surface area contributed by atoms with Crippen molar-refractivity contribution < 1.29 is 19.8 Å². The lowest BCUT2D eigenvalue weighted by Crippen LogP contribution is -2.26. The van der Waals surface area contributed by atoms with Gasteiger partial charge in [0, 0.05) is 26.4 Å². The lowest BCUT2D eigenvalue weighted by Gasteiger charge is -2.14. The number of rotatable bonds is 14. The monoisotopic (exact) mass is 339 g/mol. The number of hydrogen-bond acceptors (Lipinski definition) is 3. The summed E-state index contributed by atoms with van der Waals surface area (Å²) in [6.07, 6.45) is 13.8. The van der Waals surface area contributed by atoms with Crippen LogP contribution < -0.4 is 0 Å². The highest BCUT2D eigenvalue weighted by molar-refractivity contribution is 5.75. The number of carbonyl (C=O) groups excluding carboxylic acids is 1. The molecule has 0 aromatic carbocycles. The van der Waals surface area contributed by atoms with Crippen LogP contribution in [0.5, 0.6) is 0 Å². The number of nitrogens with zero attached hydrogens (tertiary/aromatic N) is 1. The van der Waals surface area contributed by atoms with Crippen molar-refractivity contribution in [3.63, 3.8) is 0 Å². The highest BCUT2D eigenvalue weighted by Gasteiger charge is 2.06. The Balaban J connectivity index is 3.79. The fourth-order valence-electron chi connectivity index (χ4n) is 2.21. The predicted molar refractivity (Wildman–Crippen MR) is 96.8 cm³/mol. The molecule has 0 aliphatic carbocycles. The van der Waals surface area contributed by atoms with Gasteiger partial charge in [-0.3, -0.25) is 9.59 Å². The molecule has 0 aromatic heterocycles. The average Bonchev–Trinajstić information content (AvgIpc) is 2.53. The minimum atomic E-state index is -0.785. The minimum Gasteiger partial charge on any atom is -0.481 e. The van der Waals surface area contributed by atoms with Gasteiger partial charge in [-0.2, -0.15) is 0 Å². The number of aliphatic carboxylic acids is 1. The average molecular weight is 339 g/mol. The second-order valence-corrected chi connectivity index (χ2v) is 6.10. The first kappa shape index (κ1) is 22.4. The van der Waals surface area contributed by atoms with Gasteiger partial charge in [-0.25, -0.2) is 0 Å². The summed E-state index contributed by atoms with van der Waals surface area (Å²) >= 11 is 0. The van der Waals surface area contributed by atoms with Crippen molar-refractivity contribution in [2.45, 2.75) is 70.8 Å². The highest BCUT2D eigenvalue weighted by Crippen LogP contribution is 2.06. The Morgan fingerprint density at radius 3 is 2.42 bits per heavy atom. The van der Waals surface area contributed by atoms with E-state index in [1.807, 2.05) is 18.2 Å². The van der Waals surface area contributed by atoms with Gasteiger partial charge >= 0.3 is 5.97 Å². The van der Waals surface area contributed by atoms with Crippen molar-refractivity contribution in [1.82, 2.24) is 4.90 Å². The molecule has 2 N–H and O–H groups in total. The van der Waals surface area contributed by atoms with Crippen LogP contribution in [0.2, 0.25) is 0 Å². The van der Waals surface area contributed by atoms with Crippen LogP contribution in [-0.2, 0) is 9.59 Å². The molecular weight excluding hydrogens is 306 g/mol. The molecule has 0 heterocycles. The van der Waals surface area contributed by atoms with E-state index in [1.165, 1.54) is 0 Å². The van der Waals surface area contributed by atoms with Crippen LogP contribution in [0.15, 0.2) is 24.3 Å². The molecule has 0 spiro atoms. The first-order valence-corrected chi connectivity index (χ1v) is 8.94. The van der Waals surface area contributed by atoms with Crippen LogP contribution in [0.25, 0.3) is 0 Å². The quantitative estimate of drug-likeness (QED) is 0.375. The molecule has 0 aromatic rings. The molecule has 0 bridgehead atoms. The van der Waals surface area contributed by atoms with E-state index in [0.29, 0.717) is 19.4 Å². The Kier molecular flexibility index (Phi) is 13.9. The standard InChI is InChI=1S/C19H33NO4/c1-3-4-7-12-17(21)13-8-6-11-16-20(2)18(22)14-9-5-10-15-19(23)24/h6,8,11,13,17,21H,3-5,7,9-10,12,14-16H2,1-2H3,(H,23,24)/b11-6-,13-8+. The third-order valence-corrected chi connectivity index (χ3v) is 3.77. The zero-order valence-electron chi connectivity index (χ0n) is 15.1. The molecule has 138 valence electrons. The van der Waals surface area contributed by atoms with Gasteiger partial charge in [0.15, 0.2) is 0 Å². The summed E-state index contributed by atoms with van der Waals surface area (Å²) in [5.74, 6) is -0.717. The summed E-state index contributed by atoms with van der Waals surface area (Å²) in [6.45, 7) is 2.67. The number of likely N-dealkylation sites (N-methyl/N-ethyl adjacent to an activating group) is 1. The zero-order chi connectivity index (χ0) is 18.2. The Labute approximate surface area is 146 Å². The maximum absolute atomic E-state index is 11.9. The summed E-state index contributed by atoms with van der Waals surface area (Å²) in [4.78, 5) is 23.9. The molecule has 0 aliphatic rings. The molecule has 1 unspecified atom stereocenters. The molecule has 0 rings (SSSR count). The number of carboxylic acid groups (broad SMARTS) is 1. The molecule has 0 radical (unpaired) electrons. The molecular formula is C19H33NO4. The van der Waals surface area contributed by atoms with E-state index in [1.54, 1.807) is 18.0 Å². The molecule has 24 heavy (non-hydrogen) atoms. The van der Waals surface area contributed by atoms with Gasteiger partial charge in [0.05, 0.1) is 6.10 Å². The highest BCUT2D eigenvalue weighted by atomic mass is 16.4. The second-order valence-electron chi connectivity index (χ2n) is 6.10. The maximum atomic E-state index is 11.9. The Morgan fingerprint density at radius 2 is 1.75 bits per heavy atom. The third-order valence-electron chi connectivity index (χ3n) is 3.77. The SMILES string of the molecule is CCCCCC(O)/C=C/C=C\CN(C)C(=O)CCCCCC(=O)O. The molecule has 1 amide bonds. The van der Waals surface area contributed by atoms with E-state index in [4.69, 9.17) is 5.11 Å². The van der Waals surface area contributed by atoms with Crippen molar-refractivity contribution in [1.29, 1.82) is 0 Å². The van der Waals surface area contributed by atoms with E-state index in [9.17, 15) is 14.7 Å². The van der Waals surface area contributed by atoms with Crippen molar-refractivity contribution in [2.24, 2.45) is 0 Å². The maximum Gasteiger partial charge on any atom is 0.303 e. The summed E-state index contributed by atoms with van der Waals surface area (Å²) in [6, 6.07) is 0. The van der Waals surface area contributed by atoms with Crippen LogP contribution in [0.4, 0.5) is 0 Å². The van der Waals surface area contributed by atoms with Crippen molar-refractivity contribution in [3.05, 3.63) is 24.3 Å². The van der Waals surface area contributed by atoms with Crippen LogP contribution in [0.1, 0.15) is 64.7 Å². The van der Waals surface area contributed by atoms with Gasteiger partial charge in [-0.1, -0.05) is 56.9 Å². The number of carbonyl (C=O) groups is 2. The van der Waals surface area contributed by atoms with Crippen molar-refractivity contribution in [2.75, 3.05) is 13.6 Å². The molecule has 0 saturated heterocycles. The van der Waals surface area contributed by atoms with E-state index in [0.717, 1.165) is 38.5 Å². The fraction of sp³-hybridized carbons (Fsp3) is 0.684. The molecule has 0 saturated carbocycles. The van der Waals surface area contributed by atoms with Crippen LogP contribution in [0, 0.1) is 0 Å². The number of hydrogen-bond donors (Lipinski definition) is 2. The molecule has 0 aliphatic heterocycles. The van der Waals surface area contributed by atoms with Crippen LogP contribution >= 0.6 is 0 Å². The first-order valence-electron chi connectivity index (χ1n) is 8.94. The number of aliphatic hydroxyl groups excluding tert-OH is 1. The second kappa shape index (κ2) is 14.9. The number of unbranched alkanes of at least 4 members (excludes halogenated alkanes) is 4. The van der Waals surface area contributed by atoms with Crippen molar-refractivity contribution in [3.8, 4) is 0 Å². The van der Waals surface area contributed by atoms with Gasteiger partial charge in [0.25, 0.3) is 0 Å². The zero-order valence-corrected chi connectivity index (χ0v) is 15.1. The Bertz CT molecular complexity index is 404. The van der Waals surface area contributed by atoms with Gasteiger partial charge in [-0.15, -0.1) is 0 Å². The molecule has 1 atom stereocenters. The van der Waals surface area contributed by atoms with E-state index >= 15 is 0 Å². The largest absolute Gasteiger partial charge is 0.481 e. The van der Waals surface area contributed by atoms with Gasteiger partial charge in [0.2, 0.25) is 5.91 Å². The van der Waals surface area contributed by atoms with E-state index in [2.05, 4.69) is 6.92 Å². The summed E-state index contributed by atoms with van der Waals surface area (Å²) in [5.41, 5.74) is 0. The van der Waals surface area contributed by atoms with E-state index < -0.39 is 12.1 Å². The smallest absolute Gasteiger partial charge is 0.303 e. The molecule has 0 fully saturated rings.